The molecule has 1 aliphatic rings. The number of para-hydroxylation sites is 4. The first-order chi connectivity index (χ1) is 25.5. The van der Waals surface area contributed by atoms with E-state index < -0.39 is 0 Å². The third-order valence-corrected chi connectivity index (χ3v) is 10.6. The van der Waals surface area contributed by atoms with Crippen molar-refractivity contribution in [1.82, 2.24) is 19.1 Å². The highest BCUT2D eigenvalue weighted by molar-refractivity contribution is 6.11. The number of imidazole rings is 1. The number of aromatic nitrogens is 4. The number of anilines is 3. The molecule has 250 valence electrons. The Morgan fingerprint density at radius 2 is 1.33 bits per heavy atom. The first-order valence-corrected chi connectivity index (χ1v) is 17.6. The third-order valence-electron chi connectivity index (χ3n) is 10.6. The van der Waals surface area contributed by atoms with Crippen LogP contribution in [-0.4, -0.2) is 19.1 Å². The van der Waals surface area contributed by atoms with Crippen LogP contribution in [0.3, 0.4) is 0 Å². The lowest BCUT2D eigenvalue weighted by molar-refractivity contribution is 0.482. The van der Waals surface area contributed by atoms with Crippen molar-refractivity contribution in [3.63, 3.8) is 0 Å². The fourth-order valence-electron chi connectivity index (χ4n) is 8.08. The average molecular weight is 674 g/mol. The summed E-state index contributed by atoms with van der Waals surface area (Å²) in [7, 11) is 2.06. The van der Waals surface area contributed by atoms with Gasteiger partial charge >= 0.3 is 0 Å². The molecule has 0 saturated carbocycles. The molecule has 0 bridgehead atoms. The molecule has 3 aromatic heterocycles. The Labute approximate surface area is 301 Å². The standard InChI is InChI=1S/C46H35N5O/c1-46(2)36-24-23-33(52-32-17-13-14-30(26-32)45-48-38-19-8-10-21-40(38)49(45)3)27-42(36)51(44-22-11-12-25-47-44)43-29-41-35(28-37(43)46)34-18-7-9-20-39(34)50(41)31-15-5-4-6-16-31/h4-29H,1-3H3. The Bertz CT molecular complexity index is 2820. The molecule has 0 fully saturated rings. The molecule has 4 heterocycles. The fraction of sp³-hybridized carbons (Fsp3) is 0.0870. The molecule has 6 heteroatoms. The van der Waals surface area contributed by atoms with Crippen LogP contribution >= 0.6 is 0 Å². The van der Waals surface area contributed by atoms with Gasteiger partial charge in [-0.25, -0.2) is 9.97 Å². The Hall–Kier alpha value is -6.66. The van der Waals surface area contributed by atoms with Crippen molar-refractivity contribution in [3.8, 4) is 28.6 Å². The number of aryl methyl sites for hydroxylation is 1. The number of benzene rings is 6. The van der Waals surface area contributed by atoms with E-state index in [1.165, 1.54) is 27.4 Å². The molecule has 10 rings (SSSR count). The monoisotopic (exact) mass is 673 g/mol. The predicted octanol–water partition coefficient (Wildman–Crippen LogP) is 11.6. The van der Waals surface area contributed by atoms with Crippen LogP contribution in [0.25, 0.3) is 49.9 Å². The molecule has 6 nitrogen and oxygen atoms in total. The zero-order chi connectivity index (χ0) is 35.0. The van der Waals surface area contributed by atoms with E-state index in [4.69, 9.17) is 14.7 Å². The second-order valence-corrected chi connectivity index (χ2v) is 14.0. The number of hydrogen-bond acceptors (Lipinski definition) is 4. The molecule has 0 N–H and O–H groups in total. The van der Waals surface area contributed by atoms with E-state index in [0.717, 1.165) is 62.3 Å². The lowest BCUT2D eigenvalue weighted by atomic mass is 9.73. The quantitative estimate of drug-likeness (QED) is 0.182. The van der Waals surface area contributed by atoms with Gasteiger partial charge in [-0.2, -0.15) is 0 Å². The normalized spacial score (nSPS) is 13.4. The maximum atomic E-state index is 6.66. The predicted molar refractivity (Wildman–Crippen MR) is 212 cm³/mol. The zero-order valence-corrected chi connectivity index (χ0v) is 29.2. The summed E-state index contributed by atoms with van der Waals surface area (Å²) in [5.41, 5.74) is 10.8. The smallest absolute Gasteiger partial charge is 0.140 e. The van der Waals surface area contributed by atoms with Crippen LogP contribution in [0.4, 0.5) is 17.2 Å². The van der Waals surface area contributed by atoms with E-state index in [0.29, 0.717) is 0 Å². The van der Waals surface area contributed by atoms with Crippen molar-refractivity contribution in [2.75, 3.05) is 4.90 Å². The van der Waals surface area contributed by atoms with Crippen molar-refractivity contribution in [3.05, 3.63) is 169 Å². The van der Waals surface area contributed by atoms with Gasteiger partial charge in [-0.3, -0.25) is 4.90 Å². The minimum absolute atomic E-state index is 0.307. The third kappa shape index (κ3) is 4.57. The fourth-order valence-corrected chi connectivity index (χ4v) is 8.08. The molecule has 0 atom stereocenters. The summed E-state index contributed by atoms with van der Waals surface area (Å²) in [5, 5.41) is 2.47. The maximum absolute atomic E-state index is 6.66. The van der Waals surface area contributed by atoms with Crippen molar-refractivity contribution in [2.45, 2.75) is 19.3 Å². The Balaban J connectivity index is 1.13. The van der Waals surface area contributed by atoms with Gasteiger partial charge in [-0.05, 0) is 83.9 Å². The van der Waals surface area contributed by atoms with Gasteiger partial charge in [-0.1, -0.05) is 86.6 Å². The first-order valence-electron chi connectivity index (χ1n) is 17.6. The Kier molecular flexibility index (Phi) is 6.64. The van der Waals surface area contributed by atoms with Gasteiger partial charge in [0.2, 0.25) is 0 Å². The van der Waals surface area contributed by atoms with Gasteiger partial charge in [0.25, 0.3) is 0 Å². The lowest BCUT2D eigenvalue weighted by Crippen LogP contribution is -2.31. The van der Waals surface area contributed by atoms with E-state index in [1.54, 1.807) is 0 Å². The van der Waals surface area contributed by atoms with Gasteiger partial charge in [0, 0.05) is 46.7 Å². The Morgan fingerprint density at radius 1 is 0.577 bits per heavy atom. The molecule has 0 spiro atoms. The van der Waals surface area contributed by atoms with Crippen LogP contribution in [-0.2, 0) is 12.5 Å². The first kappa shape index (κ1) is 30.2. The number of fused-ring (bicyclic) bond motifs is 6. The van der Waals surface area contributed by atoms with Crippen LogP contribution < -0.4 is 9.64 Å². The van der Waals surface area contributed by atoms with Crippen molar-refractivity contribution < 1.29 is 4.74 Å². The summed E-state index contributed by atoms with van der Waals surface area (Å²) in [6, 6.07) is 53.0. The number of hydrogen-bond donors (Lipinski definition) is 0. The molecule has 0 unspecified atom stereocenters. The highest BCUT2D eigenvalue weighted by atomic mass is 16.5. The largest absolute Gasteiger partial charge is 0.457 e. The van der Waals surface area contributed by atoms with Gasteiger partial charge in [0.1, 0.15) is 23.1 Å². The molecular weight excluding hydrogens is 639 g/mol. The van der Waals surface area contributed by atoms with Crippen LogP contribution in [0.15, 0.2) is 158 Å². The summed E-state index contributed by atoms with van der Waals surface area (Å²) in [6.07, 6.45) is 1.86. The average Bonchev–Trinajstić information content (AvgIpc) is 3.69. The zero-order valence-electron chi connectivity index (χ0n) is 29.2. The molecule has 1 aliphatic heterocycles. The lowest BCUT2D eigenvalue weighted by Gasteiger charge is -2.41. The topological polar surface area (TPSA) is 48.1 Å². The summed E-state index contributed by atoms with van der Waals surface area (Å²) in [5.74, 6) is 3.25. The minimum Gasteiger partial charge on any atom is -0.457 e. The number of rotatable bonds is 5. The molecule has 9 aromatic rings. The molecule has 0 amide bonds. The van der Waals surface area contributed by atoms with E-state index in [9.17, 15) is 0 Å². The summed E-state index contributed by atoms with van der Waals surface area (Å²) in [6.45, 7) is 4.65. The summed E-state index contributed by atoms with van der Waals surface area (Å²) >= 11 is 0. The van der Waals surface area contributed by atoms with Gasteiger partial charge in [0.05, 0.1) is 33.4 Å². The van der Waals surface area contributed by atoms with Gasteiger partial charge < -0.3 is 13.9 Å². The minimum atomic E-state index is -0.307. The Morgan fingerprint density at radius 3 is 2.15 bits per heavy atom. The summed E-state index contributed by atoms with van der Waals surface area (Å²) < 4.78 is 11.2. The van der Waals surface area contributed by atoms with Gasteiger partial charge in [0.15, 0.2) is 0 Å². The second-order valence-electron chi connectivity index (χ2n) is 14.0. The van der Waals surface area contributed by atoms with Crippen molar-refractivity contribution in [1.29, 1.82) is 0 Å². The van der Waals surface area contributed by atoms with Crippen LogP contribution in [0.5, 0.6) is 11.5 Å². The molecule has 6 aromatic carbocycles. The SMILES string of the molecule is Cn1c(-c2cccc(Oc3ccc4c(c3)N(c3ccccn3)c3cc5c(cc3C4(C)C)c3ccccc3n5-c3ccccc3)c2)nc2ccccc21. The van der Waals surface area contributed by atoms with Crippen LogP contribution in [0.1, 0.15) is 25.0 Å². The van der Waals surface area contributed by atoms with E-state index in [1.807, 2.05) is 48.7 Å². The number of nitrogens with zero attached hydrogens (tertiary/aromatic N) is 5. The van der Waals surface area contributed by atoms with E-state index in [-0.39, 0.29) is 5.41 Å². The van der Waals surface area contributed by atoms with E-state index >= 15 is 0 Å². The van der Waals surface area contributed by atoms with Gasteiger partial charge in [-0.15, -0.1) is 0 Å². The highest BCUT2D eigenvalue weighted by Crippen LogP contribution is 2.54. The highest BCUT2D eigenvalue weighted by Gasteiger charge is 2.38. The molecule has 0 saturated heterocycles. The molecular formula is C46H35N5O. The van der Waals surface area contributed by atoms with Crippen molar-refractivity contribution >= 4 is 50.0 Å². The number of pyridine rings is 1. The van der Waals surface area contributed by atoms with Crippen LogP contribution in [0.2, 0.25) is 0 Å². The van der Waals surface area contributed by atoms with Crippen molar-refractivity contribution in [2.24, 2.45) is 7.05 Å². The second kappa shape index (κ2) is 11.4. The summed E-state index contributed by atoms with van der Waals surface area (Å²) in [4.78, 5) is 12.1. The molecule has 0 aliphatic carbocycles. The number of ether oxygens (including phenoxy) is 1. The molecule has 0 radical (unpaired) electrons. The van der Waals surface area contributed by atoms with Crippen LogP contribution in [0, 0.1) is 0 Å². The van der Waals surface area contributed by atoms with E-state index in [2.05, 4.69) is 144 Å². The maximum Gasteiger partial charge on any atom is 0.140 e. The molecule has 52 heavy (non-hydrogen) atoms.